The molecule has 0 radical (unpaired) electrons. The second-order valence-corrected chi connectivity index (χ2v) is 9.58. The summed E-state index contributed by atoms with van der Waals surface area (Å²) in [5, 5.41) is 13.2. The van der Waals surface area contributed by atoms with Crippen molar-refractivity contribution in [2.45, 2.75) is 56.3 Å². The first-order chi connectivity index (χ1) is 11.3. The zero-order valence-corrected chi connectivity index (χ0v) is 17.0. The van der Waals surface area contributed by atoms with E-state index in [4.69, 9.17) is 11.6 Å². The van der Waals surface area contributed by atoms with E-state index in [1.165, 1.54) is 0 Å². The van der Waals surface area contributed by atoms with Gasteiger partial charge < -0.3 is 10.2 Å². The average molecular weight is 387 g/mol. The molecule has 1 N–H and O–H groups in total. The number of halogens is 1. The van der Waals surface area contributed by atoms with Crippen molar-refractivity contribution in [1.29, 1.82) is 5.26 Å². The van der Waals surface area contributed by atoms with Gasteiger partial charge in [0.25, 0.3) is 0 Å². The second-order valence-electron chi connectivity index (χ2n) is 6.42. The van der Waals surface area contributed by atoms with Crippen LogP contribution in [-0.4, -0.2) is 49.2 Å². The summed E-state index contributed by atoms with van der Waals surface area (Å²) >= 11 is 9.69. The number of rotatable bonds is 6. The van der Waals surface area contributed by atoms with Crippen LogP contribution in [0.1, 0.15) is 34.1 Å². The lowest BCUT2D eigenvalue weighted by atomic mass is 10.0. The van der Waals surface area contributed by atoms with E-state index < -0.39 is 0 Å². The van der Waals surface area contributed by atoms with Gasteiger partial charge in [0.1, 0.15) is 6.04 Å². The number of aromatic nitrogens is 3. The molecule has 2 rings (SSSR count). The van der Waals surface area contributed by atoms with Crippen molar-refractivity contribution in [2.75, 3.05) is 22.2 Å². The van der Waals surface area contributed by atoms with Crippen molar-refractivity contribution < 1.29 is 0 Å². The van der Waals surface area contributed by atoms with Gasteiger partial charge in [0.2, 0.25) is 17.2 Å². The number of anilines is 2. The van der Waals surface area contributed by atoms with Crippen LogP contribution >= 0.6 is 35.1 Å². The van der Waals surface area contributed by atoms with Crippen LogP contribution < -0.4 is 10.2 Å². The Balaban J connectivity index is 2.41. The van der Waals surface area contributed by atoms with E-state index >= 15 is 0 Å². The highest BCUT2D eigenvalue weighted by Gasteiger charge is 2.48. The van der Waals surface area contributed by atoms with Gasteiger partial charge in [-0.3, -0.25) is 0 Å². The summed E-state index contributed by atoms with van der Waals surface area (Å²) in [6.07, 6.45) is 3.03. The molecular weight excluding hydrogens is 364 g/mol. The molecule has 0 amide bonds. The Morgan fingerprint density at radius 3 is 2.71 bits per heavy atom. The topological polar surface area (TPSA) is 77.7 Å². The molecule has 0 bridgehead atoms. The highest BCUT2D eigenvalue weighted by molar-refractivity contribution is 8.01. The number of hydrogen-bond acceptors (Lipinski definition) is 8. The summed E-state index contributed by atoms with van der Waals surface area (Å²) in [6.45, 7) is 8.19. The summed E-state index contributed by atoms with van der Waals surface area (Å²) in [5.41, 5.74) is 0. The molecule has 2 atom stereocenters. The SMILES string of the molecule is CSCCC1SC(C)(C)C(C#N)N1c1nc(Cl)nc(NC(C)C)n1. The zero-order chi connectivity index (χ0) is 17.9. The predicted molar refractivity (Wildman–Crippen MR) is 104 cm³/mol. The summed E-state index contributed by atoms with van der Waals surface area (Å²) < 4.78 is -0.206. The highest BCUT2D eigenvalue weighted by Crippen LogP contribution is 2.47. The molecule has 6 nitrogen and oxygen atoms in total. The van der Waals surface area contributed by atoms with Crippen LogP contribution in [0.5, 0.6) is 0 Å². The summed E-state index contributed by atoms with van der Waals surface area (Å²) in [6, 6.07) is 2.28. The molecule has 132 valence electrons. The Hall–Kier alpha value is -0.910. The molecule has 0 saturated carbocycles. The van der Waals surface area contributed by atoms with Crippen LogP contribution in [0.15, 0.2) is 0 Å². The molecule has 1 saturated heterocycles. The van der Waals surface area contributed by atoms with Crippen LogP contribution in [0.25, 0.3) is 0 Å². The molecule has 2 heterocycles. The van der Waals surface area contributed by atoms with Crippen molar-refractivity contribution in [1.82, 2.24) is 15.0 Å². The maximum absolute atomic E-state index is 9.73. The number of hydrogen-bond donors (Lipinski definition) is 1. The van der Waals surface area contributed by atoms with E-state index in [0.29, 0.717) is 11.9 Å². The van der Waals surface area contributed by atoms with Crippen molar-refractivity contribution >= 4 is 47.0 Å². The molecule has 9 heteroatoms. The van der Waals surface area contributed by atoms with E-state index in [0.717, 1.165) is 12.2 Å². The number of nitrogens with zero attached hydrogens (tertiary/aromatic N) is 5. The van der Waals surface area contributed by atoms with Crippen LogP contribution in [0.4, 0.5) is 11.9 Å². The highest BCUT2D eigenvalue weighted by atomic mass is 35.5. The van der Waals surface area contributed by atoms with Crippen molar-refractivity contribution in [3.63, 3.8) is 0 Å². The minimum atomic E-state index is -0.320. The molecule has 0 aromatic carbocycles. The summed E-state index contributed by atoms with van der Waals surface area (Å²) in [7, 11) is 0. The first-order valence-corrected chi connectivity index (χ1v) is 10.5. The lowest BCUT2D eigenvalue weighted by Gasteiger charge is -2.28. The first kappa shape index (κ1) is 19.4. The third-order valence-corrected chi connectivity index (χ3v) is 6.00. The third-order valence-electron chi connectivity index (χ3n) is 3.62. The lowest BCUT2D eigenvalue weighted by molar-refractivity contribution is 0.588. The Morgan fingerprint density at radius 1 is 1.42 bits per heavy atom. The Kier molecular flexibility index (Phi) is 6.46. The third kappa shape index (κ3) is 4.38. The van der Waals surface area contributed by atoms with Gasteiger partial charge in [-0.15, -0.1) is 11.8 Å². The molecule has 1 aliphatic rings. The molecule has 0 spiro atoms. The molecule has 1 aliphatic heterocycles. The monoisotopic (exact) mass is 386 g/mol. The van der Waals surface area contributed by atoms with Gasteiger partial charge in [-0.25, -0.2) is 0 Å². The van der Waals surface area contributed by atoms with E-state index in [-0.39, 0.29) is 27.5 Å². The van der Waals surface area contributed by atoms with Crippen molar-refractivity contribution in [3.8, 4) is 6.07 Å². The molecule has 1 aromatic rings. The van der Waals surface area contributed by atoms with Gasteiger partial charge in [0, 0.05) is 10.8 Å². The largest absolute Gasteiger partial charge is 0.352 e. The normalized spacial score (nSPS) is 22.7. The summed E-state index contributed by atoms with van der Waals surface area (Å²) in [5.74, 6) is 1.92. The maximum Gasteiger partial charge on any atom is 0.233 e. The molecule has 1 aromatic heterocycles. The van der Waals surface area contributed by atoms with Crippen LogP contribution in [0.2, 0.25) is 5.28 Å². The van der Waals surface area contributed by atoms with Crippen LogP contribution in [0, 0.1) is 11.3 Å². The average Bonchev–Trinajstić information content (AvgIpc) is 2.73. The predicted octanol–water partition coefficient (Wildman–Crippen LogP) is 3.65. The minimum absolute atomic E-state index is 0.137. The van der Waals surface area contributed by atoms with Gasteiger partial charge in [0.05, 0.1) is 11.4 Å². The minimum Gasteiger partial charge on any atom is -0.352 e. The zero-order valence-electron chi connectivity index (χ0n) is 14.6. The summed E-state index contributed by atoms with van der Waals surface area (Å²) in [4.78, 5) is 14.9. The molecule has 0 aliphatic carbocycles. The quantitative estimate of drug-likeness (QED) is 0.793. The molecule has 1 fully saturated rings. The molecule has 24 heavy (non-hydrogen) atoms. The first-order valence-electron chi connectivity index (χ1n) is 7.81. The van der Waals surface area contributed by atoms with Crippen molar-refractivity contribution in [2.24, 2.45) is 0 Å². The maximum atomic E-state index is 9.73. The Morgan fingerprint density at radius 2 is 2.12 bits per heavy atom. The van der Waals surface area contributed by atoms with Gasteiger partial charge in [0.15, 0.2) is 0 Å². The molecular formula is C15H23ClN6S2. The van der Waals surface area contributed by atoms with E-state index in [1.807, 2.05) is 18.7 Å². The number of nitrogens with one attached hydrogen (secondary N) is 1. The van der Waals surface area contributed by atoms with E-state index in [2.05, 4.69) is 46.4 Å². The lowest BCUT2D eigenvalue weighted by Crippen LogP contribution is -2.42. The number of thioether (sulfide) groups is 2. The fourth-order valence-corrected chi connectivity index (χ4v) is 4.95. The van der Waals surface area contributed by atoms with E-state index in [1.54, 1.807) is 23.5 Å². The Bertz CT molecular complexity index is 618. The fraction of sp³-hybridized carbons (Fsp3) is 0.733. The smallest absolute Gasteiger partial charge is 0.233 e. The molecule has 2 unspecified atom stereocenters. The van der Waals surface area contributed by atoms with Gasteiger partial charge in [-0.2, -0.15) is 32.0 Å². The van der Waals surface area contributed by atoms with Crippen LogP contribution in [0.3, 0.4) is 0 Å². The van der Waals surface area contributed by atoms with Gasteiger partial charge in [-0.05, 0) is 57.7 Å². The van der Waals surface area contributed by atoms with Gasteiger partial charge >= 0.3 is 0 Å². The van der Waals surface area contributed by atoms with Crippen molar-refractivity contribution in [3.05, 3.63) is 5.28 Å². The number of nitriles is 1. The Labute approximate surface area is 157 Å². The standard InChI is InChI=1S/C15H23ClN6S2/c1-9(2)18-13-19-12(16)20-14(21-13)22-10(8-17)15(3,4)24-11(22)6-7-23-5/h9-11H,6-7H2,1-5H3,(H,18,19,20,21). The van der Waals surface area contributed by atoms with Gasteiger partial charge in [-0.1, -0.05) is 0 Å². The second kappa shape index (κ2) is 7.98. The van der Waals surface area contributed by atoms with E-state index in [9.17, 15) is 5.26 Å². The fourth-order valence-electron chi connectivity index (χ4n) is 2.63. The van der Waals surface area contributed by atoms with Crippen LogP contribution in [-0.2, 0) is 0 Å².